The number of hydrogen-bond donors (Lipinski definition) is 1. The highest BCUT2D eigenvalue weighted by atomic mass is 16.5. The van der Waals surface area contributed by atoms with Gasteiger partial charge in [0.2, 0.25) is 0 Å². The lowest BCUT2D eigenvalue weighted by Crippen LogP contribution is -2.12. The van der Waals surface area contributed by atoms with Crippen molar-refractivity contribution in [3.63, 3.8) is 0 Å². The molecule has 0 saturated carbocycles. The molecule has 0 fully saturated rings. The SMILES string of the molecule is CCCc1ccc(OC(C)C)c(/C=C/C(=O)c2ccc(O)cc2)c1OC(C)C. The minimum Gasteiger partial charge on any atom is -0.508 e. The first-order valence-corrected chi connectivity index (χ1v) is 9.82. The molecule has 4 heteroatoms. The fraction of sp³-hybridized carbons (Fsp3) is 0.375. The molecule has 0 amide bonds. The molecule has 0 atom stereocenters. The lowest BCUT2D eigenvalue weighted by atomic mass is 10.0. The van der Waals surface area contributed by atoms with E-state index in [0.29, 0.717) is 11.3 Å². The van der Waals surface area contributed by atoms with E-state index in [2.05, 4.69) is 6.92 Å². The number of aromatic hydroxyl groups is 1. The van der Waals surface area contributed by atoms with Crippen LogP contribution in [-0.2, 0) is 6.42 Å². The molecule has 0 aliphatic heterocycles. The van der Waals surface area contributed by atoms with Gasteiger partial charge < -0.3 is 14.6 Å². The highest BCUT2D eigenvalue weighted by Gasteiger charge is 2.16. The smallest absolute Gasteiger partial charge is 0.185 e. The van der Waals surface area contributed by atoms with Crippen LogP contribution in [0.5, 0.6) is 17.2 Å². The minimum atomic E-state index is -0.146. The van der Waals surface area contributed by atoms with Crippen LogP contribution in [0.4, 0.5) is 0 Å². The molecule has 0 aliphatic carbocycles. The zero-order chi connectivity index (χ0) is 20.7. The molecule has 2 rings (SSSR count). The van der Waals surface area contributed by atoms with Gasteiger partial charge in [-0.15, -0.1) is 0 Å². The number of rotatable bonds is 9. The van der Waals surface area contributed by atoms with E-state index in [1.54, 1.807) is 18.2 Å². The molecule has 0 unspecified atom stereocenters. The Labute approximate surface area is 167 Å². The van der Waals surface area contributed by atoms with Gasteiger partial charge in [0.15, 0.2) is 5.78 Å². The van der Waals surface area contributed by atoms with Crippen molar-refractivity contribution in [1.82, 2.24) is 0 Å². The first-order chi connectivity index (χ1) is 13.3. The van der Waals surface area contributed by atoms with E-state index >= 15 is 0 Å². The summed E-state index contributed by atoms with van der Waals surface area (Å²) >= 11 is 0. The Hall–Kier alpha value is -2.75. The minimum absolute atomic E-state index is 0.00359. The maximum absolute atomic E-state index is 12.6. The zero-order valence-electron chi connectivity index (χ0n) is 17.4. The number of phenolic OH excluding ortho intramolecular Hbond substituents is 1. The standard InChI is InChI=1S/C24H30O4/c1-6-7-19-10-15-23(27-16(2)3)21(24(19)28-17(4)5)13-14-22(26)18-8-11-20(25)12-9-18/h8-17,25H,6-7H2,1-5H3/b14-13+. The lowest BCUT2D eigenvalue weighted by molar-refractivity contribution is 0.104. The van der Waals surface area contributed by atoms with Crippen LogP contribution < -0.4 is 9.47 Å². The fourth-order valence-electron chi connectivity index (χ4n) is 2.86. The Morgan fingerprint density at radius 1 is 1.00 bits per heavy atom. The van der Waals surface area contributed by atoms with E-state index in [1.165, 1.54) is 18.2 Å². The maximum Gasteiger partial charge on any atom is 0.185 e. The third-order valence-corrected chi connectivity index (χ3v) is 4.03. The zero-order valence-corrected chi connectivity index (χ0v) is 17.4. The van der Waals surface area contributed by atoms with Crippen LogP contribution in [0.2, 0.25) is 0 Å². The monoisotopic (exact) mass is 382 g/mol. The van der Waals surface area contributed by atoms with Gasteiger partial charge in [0.1, 0.15) is 17.2 Å². The molecule has 2 aromatic carbocycles. The summed E-state index contributed by atoms with van der Waals surface area (Å²) in [5.41, 5.74) is 2.39. The van der Waals surface area contributed by atoms with Gasteiger partial charge in [-0.3, -0.25) is 4.79 Å². The van der Waals surface area contributed by atoms with Gasteiger partial charge >= 0.3 is 0 Å². The van der Waals surface area contributed by atoms with Crippen molar-refractivity contribution in [3.05, 3.63) is 59.2 Å². The largest absolute Gasteiger partial charge is 0.508 e. The Bertz CT molecular complexity index is 817. The molecule has 1 N–H and O–H groups in total. The van der Waals surface area contributed by atoms with Gasteiger partial charge in [-0.2, -0.15) is 0 Å². The van der Waals surface area contributed by atoms with E-state index in [0.717, 1.165) is 29.7 Å². The van der Waals surface area contributed by atoms with E-state index in [4.69, 9.17) is 9.47 Å². The van der Waals surface area contributed by atoms with Gasteiger partial charge in [-0.1, -0.05) is 19.4 Å². The van der Waals surface area contributed by atoms with Crippen molar-refractivity contribution in [2.45, 2.75) is 59.7 Å². The fourth-order valence-corrected chi connectivity index (χ4v) is 2.86. The number of ketones is 1. The second-order valence-electron chi connectivity index (χ2n) is 7.29. The first kappa shape index (κ1) is 21.5. The predicted octanol–water partition coefficient (Wildman–Crippen LogP) is 5.82. The first-order valence-electron chi connectivity index (χ1n) is 9.82. The van der Waals surface area contributed by atoms with Crippen molar-refractivity contribution in [2.24, 2.45) is 0 Å². The molecule has 0 heterocycles. The topological polar surface area (TPSA) is 55.8 Å². The van der Waals surface area contributed by atoms with Gasteiger partial charge in [-0.05, 0) is 82.2 Å². The van der Waals surface area contributed by atoms with Gasteiger partial charge in [-0.25, -0.2) is 0 Å². The summed E-state index contributed by atoms with van der Waals surface area (Å²) < 4.78 is 12.1. The summed E-state index contributed by atoms with van der Waals surface area (Å²) in [6, 6.07) is 10.2. The van der Waals surface area contributed by atoms with Crippen molar-refractivity contribution >= 4 is 11.9 Å². The summed E-state index contributed by atoms with van der Waals surface area (Å²) in [5, 5.41) is 9.41. The van der Waals surface area contributed by atoms with Crippen LogP contribution in [0.3, 0.4) is 0 Å². The molecule has 150 valence electrons. The van der Waals surface area contributed by atoms with E-state index in [1.807, 2.05) is 39.8 Å². The predicted molar refractivity (Wildman–Crippen MR) is 113 cm³/mol. The third kappa shape index (κ3) is 5.88. The molecular formula is C24H30O4. The average Bonchev–Trinajstić information content (AvgIpc) is 2.63. The average molecular weight is 383 g/mol. The molecule has 4 nitrogen and oxygen atoms in total. The van der Waals surface area contributed by atoms with E-state index < -0.39 is 0 Å². The Morgan fingerprint density at radius 3 is 2.21 bits per heavy atom. The Morgan fingerprint density at radius 2 is 1.64 bits per heavy atom. The van der Waals surface area contributed by atoms with Crippen LogP contribution in [-0.4, -0.2) is 23.1 Å². The molecular weight excluding hydrogens is 352 g/mol. The number of aryl methyl sites for hydroxylation is 1. The van der Waals surface area contributed by atoms with Gasteiger partial charge in [0.25, 0.3) is 0 Å². The molecule has 0 aromatic heterocycles. The summed E-state index contributed by atoms with van der Waals surface area (Å²) in [4.78, 5) is 12.6. The van der Waals surface area contributed by atoms with Crippen LogP contribution in [0.1, 0.15) is 62.5 Å². The molecule has 0 bridgehead atoms. The molecule has 2 aromatic rings. The summed E-state index contributed by atoms with van der Waals surface area (Å²) in [7, 11) is 0. The van der Waals surface area contributed by atoms with Gasteiger partial charge in [0, 0.05) is 5.56 Å². The summed E-state index contributed by atoms with van der Waals surface area (Å²) in [6.45, 7) is 10.0. The maximum atomic E-state index is 12.6. The number of benzene rings is 2. The normalized spacial score (nSPS) is 11.4. The molecule has 0 spiro atoms. The number of carbonyl (C=O) groups is 1. The highest BCUT2D eigenvalue weighted by Crippen LogP contribution is 2.36. The van der Waals surface area contributed by atoms with Crippen molar-refractivity contribution in [3.8, 4) is 17.2 Å². The van der Waals surface area contributed by atoms with Crippen LogP contribution >= 0.6 is 0 Å². The summed E-state index contributed by atoms with van der Waals surface area (Å²) in [6.07, 6.45) is 5.18. The van der Waals surface area contributed by atoms with E-state index in [9.17, 15) is 9.90 Å². The number of phenols is 1. The van der Waals surface area contributed by atoms with Crippen LogP contribution in [0, 0.1) is 0 Å². The van der Waals surface area contributed by atoms with Crippen molar-refractivity contribution < 1.29 is 19.4 Å². The number of ether oxygens (including phenoxy) is 2. The van der Waals surface area contributed by atoms with E-state index in [-0.39, 0.29) is 23.7 Å². The van der Waals surface area contributed by atoms with Crippen molar-refractivity contribution in [1.29, 1.82) is 0 Å². The highest BCUT2D eigenvalue weighted by molar-refractivity contribution is 6.07. The van der Waals surface area contributed by atoms with Crippen LogP contribution in [0.15, 0.2) is 42.5 Å². The Balaban J connectivity index is 2.48. The van der Waals surface area contributed by atoms with Crippen LogP contribution in [0.25, 0.3) is 6.08 Å². The molecule has 0 radical (unpaired) electrons. The number of carbonyl (C=O) groups excluding carboxylic acids is 1. The number of allylic oxidation sites excluding steroid dienone is 1. The lowest BCUT2D eigenvalue weighted by Gasteiger charge is -2.21. The Kier molecular flexibility index (Phi) is 7.68. The number of hydrogen-bond acceptors (Lipinski definition) is 4. The van der Waals surface area contributed by atoms with Gasteiger partial charge in [0.05, 0.1) is 17.8 Å². The summed E-state index contributed by atoms with van der Waals surface area (Å²) in [5.74, 6) is 1.45. The quantitative estimate of drug-likeness (QED) is 0.439. The molecule has 0 aliphatic rings. The molecule has 28 heavy (non-hydrogen) atoms. The third-order valence-electron chi connectivity index (χ3n) is 4.03. The second kappa shape index (κ2) is 9.98. The molecule has 0 saturated heterocycles. The second-order valence-corrected chi connectivity index (χ2v) is 7.29. The van der Waals surface area contributed by atoms with Crippen molar-refractivity contribution in [2.75, 3.05) is 0 Å².